The normalized spacial score (nSPS) is 16.2. The lowest BCUT2D eigenvalue weighted by Crippen LogP contribution is -2.61. The third kappa shape index (κ3) is 3.96. The molecule has 1 N–H and O–H groups in total. The number of hydrogen-bond acceptors (Lipinski definition) is 2. The van der Waals surface area contributed by atoms with Gasteiger partial charge in [-0.2, -0.15) is 0 Å². The van der Waals surface area contributed by atoms with E-state index in [1.165, 1.54) is 25.7 Å². The van der Waals surface area contributed by atoms with Gasteiger partial charge in [-0.05, 0) is 45.8 Å². The second-order valence-electron chi connectivity index (χ2n) is 5.51. The second-order valence-corrected chi connectivity index (χ2v) is 5.51. The molecule has 17 heavy (non-hydrogen) atoms. The maximum atomic E-state index is 3.75. The van der Waals surface area contributed by atoms with E-state index in [0.717, 1.165) is 12.5 Å². The van der Waals surface area contributed by atoms with Crippen molar-refractivity contribution >= 4 is 0 Å². The third-order valence-corrected chi connectivity index (χ3v) is 4.43. The molecule has 2 atom stereocenters. The number of likely N-dealkylation sites (N-methyl/N-ethyl adjacent to an activating group) is 2. The minimum absolute atomic E-state index is 0.296. The van der Waals surface area contributed by atoms with E-state index in [-0.39, 0.29) is 0 Å². The summed E-state index contributed by atoms with van der Waals surface area (Å²) in [5.41, 5.74) is 0.296. The fourth-order valence-corrected chi connectivity index (χ4v) is 3.36. The van der Waals surface area contributed by atoms with Gasteiger partial charge in [0.05, 0.1) is 0 Å². The van der Waals surface area contributed by atoms with Crippen molar-refractivity contribution in [3.05, 3.63) is 0 Å². The highest BCUT2D eigenvalue weighted by atomic mass is 15.2. The van der Waals surface area contributed by atoms with Crippen LogP contribution in [-0.2, 0) is 0 Å². The molecule has 0 aliphatic heterocycles. The van der Waals surface area contributed by atoms with Crippen LogP contribution in [0, 0.1) is 5.92 Å². The van der Waals surface area contributed by atoms with Crippen LogP contribution in [0.1, 0.15) is 60.3 Å². The molecular formula is C15H34N2. The summed E-state index contributed by atoms with van der Waals surface area (Å²) in [6, 6.07) is 0.595. The monoisotopic (exact) mass is 242 g/mol. The lowest BCUT2D eigenvalue weighted by molar-refractivity contribution is 0.0615. The summed E-state index contributed by atoms with van der Waals surface area (Å²) in [5, 5.41) is 3.75. The summed E-state index contributed by atoms with van der Waals surface area (Å²) in [6.45, 7) is 12.6. The van der Waals surface area contributed by atoms with E-state index in [9.17, 15) is 0 Å². The lowest BCUT2D eigenvalue weighted by atomic mass is 9.76. The second kappa shape index (κ2) is 8.10. The van der Waals surface area contributed by atoms with Gasteiger partial charge < -0.3 is 10.2 Å². The van der Waals surface area contributed by atoms with Gasteiger partial charge in [-0.3, -0.25) is 0 Å². The fraction of sp³-hybridized carbons (Fsp3) is 1.00. The highest BCUT2D eigenvalue weighted by Gasteiger charge is 2.39. The van der Waals surface area contributed by atoms with E-state index < -0.39 is 0 Å². The minimum Gasteiger partial charge on any atom is -0.312 e. The van der Waals surface area contributed by atoms with Crippen molar-refractivity contribution in [3.8, 4) is 0 Å². The summed E-state index contributed by atoms with van der Waals surface area (Å²) in [6.07, 6.45) is 5.01. The topological polar surface area (TPSA) is 15.3 Å². The molecule has 0 aromatic heterocycles. The molecule has 104 valence electrons. The van der Waals surface area contributed by atoms with E-state index in [1.54, 1.807) is 0 Å². The van der Waals surface area contributed by atoms with Crippen LogP contribution in [0.2, 0.25) is 0 Å². The Kier molecular flexibility index (Phi) is 8.06. The first-order valence-corrected chi connectivity index (χ1v) is 7.40. The third-order valence-electron chi connectivity index (χ3n) is 4.43. The van der Waals surface area contributed by atoms with E-state index >= 15 is 0 Å². The molecule has 0 rings (SSSR count). The maximum absolute atomic E-state index is 3.75. The van der Waals surface area contributed by atoms with E-state index in [1.807, 2.05) is 0 Å². The van der Waals surface area contributed by atoms with Gasteiger partial charge in [-0.25, -0.2) is 0 Å². The van der Waals surface area contributed by atoms with Crippen LogP contribution >= 0.6 is 0 Å². The smallest absolute Gasteiger partial charge is 0.0353 e. The van der Waals surface area contributed by atoms with Crippen LogP contribution in [0.5, 0.6) is 0 Å². The molecule has 0 saturated carbocycles. The van der Waals surface area contributed by atoms with Crippen LogP contribution < -0.4 is 5.32 Å². The van der Waals surface area contributed by atoms with Crippen LogP contribution in [0.3, 0.4) is 0 Å². The van der Waals surface area contributed by atoms with Crippen molar-refractivity contribution in [2.45, 2.75) is 71.9 Å². The molecule has 0 saturated heterocycles. The standard InChI is InChI=1S/C15H34N2/c1-8-12-13(5)14(16-11-4)15(9-2,10-3)17(6)7/h13-14,16H,8-12H2,1-7H3. The zero-order valence-electron chi connectivity index (χ0n) is 13.1. The van der Waals surface area contributed by atoms with Crippen molar-refractivity contribution in [3.63, 3.8) is 0 Å². The molecule has 0 radical (unpaired) electrons. The number of nitrogens with zero attached hydrogens (tertiary/aromatic N) is 1. The van der Waals surface area contributed by atoms with Gasteiger partial charge in [0, 0.05) is 11.6 Å². The first kappa shape index (κ1) is 16.9. The van der Waals surface area contributed by atoms with Gasteiger partial charge in [-0.15, -0.1) is 0 Å². The first-order chi connectivity index (χ1) is 7.99. The van der Waals surface area contributed by atoms with Crippen molar-refractivity contribution in [2.24, 2.45) is 5.92 Å². The highest BCUT2D eigenvalue weighted by Crippen LogP contribution is 2.31. The summed E-state index contributed by atoms with van der Waals surface area (Å²) in [5.74, 6) is 0.738. The Morgan fingerprint density at radius 2 is 1.59 bits per heavy atom. The Bertz CT molecular complexity index is 185. The molecule has 0 aromatic rings. The van der Waals surface area contributed by atoms with Gasteiger partial charge in [0.15, 0.2) is 0 Å². The Hall–Kier alpha value is -0.0800. The molecule has 0 aromatic carbocycles. The largest absolute Gasteiger partial charge is 0.312 e. The molecular weight excluding hydrogens is 208 g/mol. The summed E-state index contributed by atoms with van der Waals surface area (Å²) in [4.78, 5) is 2.44. The molecule has 0 aliphatic carbocycles. The molecule has 0 aliphatic rings. The van der Waals surface area contributed by atoms with Crippen molar-refractivity contribution in [1.82, 2.24) is 10.2 Å². The van der Waals surface area contributed by atoms with E-state index in [4.69, 9.17) is 0 Å². The SMILES string of the molecule is CCCC(C)C(NCC)C(CC)(CC)N(C)C. The van der Waals surface area contributed by atoms with Crippen LogP contribution in [0.4, 0.5) is 0 Å². The number of hydrogen-bond donors (Lipinski definition) is 1. The molecule has 0 fully saturated rings. The van der Waals surface area contributed by atoms with Gasteiger partial charge in [0.25, 0.3) is 0 Å². The Balaban J connectivity index is 5.07. The van der Waals surface area contributed by atoms with Gasteiger partial charge in [-0.1, -0.05) is 41.0 Å². The van der Waals surface area contributed by atoms with Crippen LogP contribution in [-0.4, -0.2) is 37.1 Å². The molecule has 0 spiro atoms. The quantitative estimate of drug-likeness (QED) is 0.665. The average molecular weight is 242 g/mol. The zero-order valence-corrected chi connectivity index (χ0v) is 13.1. The molecule has 2 heteroatoms. The molecule has 2 nitrogen and oxygen atoms in total. The Morgan fingerprint density at radius 3 is 1.88 bits per heavy atom. The summed E-state index contributed by atoms with van der Waals surface area (Å²) >= 11 is 0. The first-order valence-electron chi connectivity index (χ1n) is 7.40. The Labute approximate surface area is 109 Å². The molecule has 0 heterocycles. The number of nitrogens with one attached hydrogen (secondary N) is 1. The van der Waals surface area contributed by atoms with Gasteiger partial charge >= 0.3 is 0 Å². The highest BCUT2D eigenvalue weighted by molar-refractivity contribution is 4.99. The maximum Gasteiger partial charge on any atom is 0.0353 e. The average Bonchev–Trinajstić information content (AvgIpc) is 2.29. The Morgan fingerprint density at radius 1 is 1.06 bits per heavy atom. The molecule has 0 bridgehead atoms. The van der Waals surface area contributed by atoms with Gasteiger partial charge in [0.2, 0.25) is 0 Å². The zero-order chi connectivity index (χ0) is 13.5. The fourth-order valence-electron chi connectivity index (χ4n) is 3.36. The predicted octanol–water partition coefficient (Wildman–Crippen LogP) is 3.52. The van der Waals surface area contributed by atoms with Crippen molar-refractivity contribution < 1.29 is 0 Å². The lowest BCUT2D eigenvalue weighted by Gasteiger charge is -2.48. The van der Waals surface area contributed by atoms with Crippen molar-refractivity contribution in [1.29, 1.82) is 0 Å². The number of rotatable bonds is 9. The molecule has 2 unspecified atom stereocenters. The van der Waals surface area contributed by atoms with Gasteiger partial charge in [0.1, 0.15) is 0 Å². The van der Waals surface area contributed by atoms with E-state index in [2.05, 4.69) is 58.9 Å². The van der Waals surface area contributed by atoms with E-state index in [0.29, 0.717) is 11.6 Å². The minimum atomic E-state index is 0.296. The summed E-state index contributed by atoms with van der Waals surface area (Å²) in [7, 11) is 4.46. The van der Waals surface area contributed by atoms with Crippen LogP contribution in [0.15, 0.2) is 0 Å². The molecule has 0 amide bonds. The predicted molar refractivity (Wildman–Crippen MR) is 78.5 cm³/mol. The van der Waals surface area contributed by atoms with Crippen molar-refractivity contribution in [2.75, 3.05) is 20.6 Å². The van der Waals surface area contributed by atoms with Crippen LogP contribution in [0.25, 0.3) is 0 Å². The summed E-state index contributed by atoms with van der Waals surface area (Å²) < 4.78 is 0.